The second kappa shape index (κ2) is 4.47. The van der Waals surface area contributed by atoms with Gasteiger partial charge in [-0.1, -0.05) is 25.0 Å². The smallest absolute Gasteiger partial charge is 0.308 e. The molecule has 0 bridgehead atoms. The Morgan fingerprint density at radius 1 is 1.20 bits per heavy atom. The van der Waals surface area contributed by atoms with Crippen LogP contribution in [0.3, 0.4) is 0 Å². The quantitative estimate of drug-likeness (QED) is 0.546. The molecule has 0 heterocycles. The van der Waals surface area contributed by atoms with Crippen LogP contribution in [0.25, 0.3) is 0 Å². The molecule has 2 heteroatoms. The molecule has 0 aliphatic heterocycles. The summed E-state index contributed by atoms with van der Waals surface area (Å²) in [6.07, 6.45) is 5.28. The van der Waals surface area contributed by atoms with E-state index in [0.29, 0.717) is 5.75 Å². The van der Waals surface area contributed by atoms with Crippen LogP contribution in [0, 0.1) is 0 Å². The number of esters is 1. The summed E-state index contributed by atoms with van der Waals surface area (Å²) in [4.78, 5) is 10.7. The molecule has 0 N–H and O–H groups in total. The normalized spacial score (nSPS) is 16.6. The van der Waals surface area contributed by atoms with Crippen molar-refractivity contribution in [1.82, 2.24) is 0 Å². The van der Waals surface area contributed by atoms with E-state index in [-0.39, 0.29) is 5.97 Å². The summed E-state index contributed by atoms with van der Waals surface area (Å²) in [6.45, 7) is 1.42. The number of rotatable bonds is 2. The van der Waals surface area contributed by atoms with E-state index in [2.05, 4.69) is 12.1 Å². The van der Waals surface area contributed by atoms with E-state index in [9.17, 15) is 4.79 Å². The van der Waals surface area contributed by atoms with Gasteiger partial charge in [-0.25, -0.2) is 0 Å². The van der Waals surface area contributed by atoms with Crippen molar-refractivity contribution in [2.75, 3.05) is 0 Å². The number of carbonyl (C=O) groups is 1. The highest BCUT2D eigenvalue weighted by molar-refractivity contribution is 5.69. The second-order valence-electron chi connectivity index (χ2n) is 4.14. The fourth-order valence-electron chi connectivity index (χ4n) is 2.23. The van der Waals surface area contributed by atoms with Gasteiger partial charge in [0.05, 0.1) is 0 Å². The van der Waals surface area contributed by atoms with Gasteiger partial charge in [0.1, 0.15) is 5.75 Å². The van der Waals surface area contributed by atoms with E-state index in [1.165, 1.54) is 38.2 Å². The van der Waals surface area contributed by atoms with Gasteiger partial charge in [-0.15, -0.1) is 0 Å². The Bertz CT molecular complexity index is 334. The van der Waals surface area contributed by atoms with Crippen LogP contribution in [0.1, 0.15) is 44.1 Å². The molecule has 0 saturated heterocycles. The Kier molecular flexibility index (Phi) is 3.05. The third-order valence-corrected chi connectivity index (χ3v) is 2.97. The maximum Gasteiger partial charge on any atom is 0.308 e. The Balaban J connectivity index is 2.06. The first kappa shape index (κ1) is 10.2. The van der Waals surface area contributed by atoms with Crippen LogP contribution in [0.4, 0.5) is 0 Å². The Labute approximate surface area is 90.3 Å². The topological polar surface area (TPSA) is 26.3 Å². The molecule has 1 aromatic carbocycles. The molecule has 1 aliphatic carbocycles. The van der Waals surface area contributed by atoms with E-state index < -0.39 is 0 Å². The van der Waals surface area contributed by atoms with Gasteiger partial charge in [0.15, 0.2) is 0 Å². The van der Waals surface area contributed by atoms with Crippen molar-refractivity contribution >= 4 is 5.97 Å². The summed E-state index contributed by atoms with van der Waals surface area (Å²) in [7, 11) is 0. The summed E-state index contributed by atoms with van der Waals surface area (Å²) in [6, 6.07) is 7.92. The molecule has 80 valence electrons. The Hall–Kier alpha value is -1.31. The summed E-state index contributed by atoms with van der Waals surface area (Å²) < 4.78 is 4.99. The van der Waals surface area contributed by atoms with Crippen LogP contribution in [-0.4, -0.2) is 5.97 Å². The molecule has 1 aliphatic rings. The summed E-state index contributed by atoms with van der Waals surface area (Å²) in [5.41, 5.74) is 1.38. The third-order valence-electron chi connectivity index (χ3n) is 2.97. The van der Waals surface area contributed by atoms with Crippen molar-refractivity contribution in [3.8, 4) is 5.75 Å². The molecule has 15 heavy (non-hydrogen) atoms. The zero-order valence-corrected chi connectivity index (χ0v) is 9.03. The molecule has 0 aromatic heterocycles. The first-order valence-corrected chi connectivity index (χ1v) is 5.54. The largest absolute Gasteiger partial charge is 0.427 e. The van der Waals surface area contributed by atoms with Gasteiger partial charge in [0.2, 0.25) is 0 Å². The molecule has 2 rings (SSSR count). The lowest BCUT2D eigenvalue weighted by molar-refractivity contribution is -0.131. The van der Waals surface area contributed by atoms with Crippen LogP contribution < -0.4 is 4.74 Å². The lowest BCUT2D eigenvalue weighted by Crippen LogP contribution is -2.01. The maximum atomic E-state index is 10.7. The molecule has 2 nitrogen and oxygen atoms in total. The number of hydrogen-bond donors (Lipinski definition) is 0. The lowest BCUT2D eigenvalue weighted by atomic mass is 9.98. The minimum atomic E-state index is -0.261. The highest BCUT2D eigenvalue weighted by Crippen LogP contribution is 2.34. The first-order chi connectivity index (χ1) is 7.25. The van der Waals surface area contributed by atoms with Crippen molar-refractivity contribution in [2.45, 2.75) is 38.5 Å². The van der Waals surface area contributed by atoms with Gasteiger partial charge in [-0.05, 0) is 36.5 Å². The fourth-order valence-corrected chi connectivity index (χ4v) is 2.23. The molecule has 1 aromatic rings. The summed E-state index contributed by atoms with van der Waals surface area (Å²) in [5.74, 6) is 1.10. The van der Waals surface area contributed by atoms with Gasteiger partial charge in [0.25, 0.3) is 0 Å². The minimum absolute atomic E-state index is 0.261. The number of carbonyl (C=O) groups excluding carboxylic acids is 1. The van der Waals surface area contributed by atoms with Crippen LogP contribution in [-0.2, 0) is 4.79 Å². The SMILES string of the molecule is CC(=O)Oc1ccc(C2CCCC2)cc1. The van der Waals surface area contributed by atoms with Crippen molar-refractivity contribution in [2.24, 2.45) is 0 Å². The molecule has 0 atom stereocenters. The molecule has 0 radical (unpaired) electrons. The second-order valence-corrected chi connectivity index (χ2v) is 4.14. The fraction of sp³-hybridized carbons (Fsp3) is 0.462. The molecule has 1 fully saturated rings. The summed E-state index contributed by atoms with van der Waals surface area (Å²) in [5, 5.41) is 0. The maximum absolute atomic E-state index is 10.7. The van der Waals surface area contributed by atoms with Gasteiger partial charge >= 0.3 is 5.97 Å². The molecule has 0 unspecified atom stereocenters. The van der Waals surface area contributed by atoms with Crippen LogP contribution in [0.2, 0.25) is 0 Å². The highest BCUT2D eigenvalue weighted by atomic mass is 16.5. The van der Waals surface area contributed by atoms with Crippen molar-refractivity contribution in [3.05, 3.63) is 29.8 Å². The van der Waals surface area contributed by atoms with E-state index in [1.54, 1.807) is 0 Å². The zero-order valence-electron chi connectivity index (χ0n) is 9.03. The van der Waals surface area contributed by atoms with E-state index >= 15 is 0 Å². The van der Waals surface area contributed by atoms with Crippen molar-refractivity contribution in [1.29, 1.82) is 0 Å². The average Bonchev–Trinajstić information content (AvgIpc) is 2.71. The van der Waals surface area contributed by atoms with E-state index in [0.717, 1.165) is 5.92 Å². The first-order valence-electron chi connectivity index (χ1n) is 5.54. The van der Waals surface area contributed by atoms with Gasteiger partial charge in [-0.3, -0.25) is 4.79 Å². The summed E-state index contributed by atoms with van der Waals surface area (Å²) >= 11 is 0. The van der Waals surface area contributed by atoms with Crippen LogP contribution in [0.5, 0.6) is 5.75 Å². The molecule has 0 amide bonds. The number of hydrogen-bond acceptors (Lipinski definition) is 2. The molecule has 1 saturated carbocycles. The molecular weight excluding hydrogens is 188 g/mol. The predicted molar refractivity (Wildman–Crippen MR) is 59.0 cm³/mol. The van der Waals surface area contributed by atoms with Crippen LogP contribution >= 0.6 is 0 Å². The van der Waals surface area contributed by atoms with Gasteiger partial charge in [0, 0.05) is 6.92 Å². The number of ether oxygens (including phenoxy) is 1. The van der Waals surface area contributed by atoms with Gasteiger partial charge < -0.3 is 4.74 Å². The lowest BCUT2D eigenvalue weighted by Gasteiger charge is -2.09. The van der Waals surface area contributed by atoms with Crippen LogP contribution in [0.15, 0.2) is 24.3 Å². The molecule has 0 spiro atoms. The monoisotopic (exact) mass is 204 g/mol. The average molecular weight is 204 g/mol. The Morgan fingerprint density at radius 2 is 1.80 bits per heavy atom. The zero-order chi connectivity index (χ0) is 10.7. The minimum Gasteiger partial charge on any atom is -0.427 e. The predicted octanol–water partition coefficient (Wildman–Crippen LogP) is 3.27. The third kappa shape index (κ3) is 2.58. The molecular formula is C13H16O2. The van der Waals surface area contributed by atoms with Gasteiger partial charge in [-0.2, -0.15) is 0 Å². The van der Waals surface area contributed by atoms with Crippen molar-refractivity contribution in [3.63, 3.8) is 0 Å². The van der Waals surface area contributed by atoms with E-state index in [4.69, 9.17) is 4.74 Å². The van der Waals surface area contributed by atoms with Crippen molar-refractivity contribution < 1.29 is 9.53 Å². The highest BCUT2D eigenvalue weighted by Gasteiger charge is 2.16. The van der Waals surface area contributed by atoms with E-state index in [1.807, 2.05) is 12.1 Å². The standard InChI is InChI=1S/C13H16O2/c1-10(14)15-13-8-6-12(7-9-13)11-4-2-3-5-11/h6-9,11H,2-5H2,1H3. The number of benzene rings is 1. The Morgan fingerprint density at radius 3 is 2.33 bits per heavy atom.